The molecular weight excluding hydrogens is 238 g/mol. The fraction of sp³-hybridized carbons (Fsp3) is 0.571. The molecule has 0 saturated heterocycles. The minimum absolute atomic E-state index is 0.436. The molecule has 0 bridgehead atoms. The van der Waals surface area contributed by atoms with Crippen LogP contribution in [0.25, 0.3) is 0 Å². The summed E-state index contributed by atoms with van der Waals surface area (Å²) in [6.07, 6.45) is 4.84. The van der Waals surface area contributed by atoms with E-state index >= 15 is 0 Å². The first-order valence-corrected chi connectivity index (χ1v) is 6.96. The molecule has 0 aliphatic heterocycles. The van der Waals surface area contributed by atoms with Crippen molar-refractivity contribution in [2.75, 3.05) is 5.32 Å². The van der Waals surface area contributed by atoms with Gasteiger partial charge in [-0.05, 0) is 33.3 Å². The molecule has 0 aliphatic carbocycles. The number of aromatic nitrogens is 4. The van der Waals surface area contributed by atoms with E-state index in [2.05, 4.69) is 54.0 Å². The van der Waals surface area contributed by atoms with Gasteiger partial charge >= 0.3 is 0 Å². The monoisotopic (exact) mass is 261 g/mol. The zero-order chi connectivity index (χ0) is 13.8. The van der Waals surface area contributed by atoms with E-state index in [-0.39, 0.29) is 0 Å². The number of anilines is 1. The van der Waals surface area contributed by atoms with E-state index in [1.807, 2.05) is 17.1 Å². The van der Waals surface area contributed by atoms with Gasteiger partial charge in [0.05, 0.1) is 29.8 Å². The SMILES string of the molecule is CC[C@@H](C)n1nccc1CNc1cnn(CC)c1C. The van der Waals surface area contributed by atoms with Gasteiger partial charge in [0.15, 0.2) is 0 Å². The zero-order valence-corrected chi connectivity index (χ0v) is 12.2. The van der Waals surface area contributed by atoms with Crippen molar-refractivity contribution in [2.45, 2.75) is 53.2 Å². The van der Waals surface area contributed by atoms with E-state index in [1.54, 1.807) is 0 Å². The first-order valence-electron chi connectivity index (χ1n) is 6.96. The van der Waals surface area contributed by atoms with Gasteiger partial charge in [-0.1, -0.05) is 6.92 Å². The fourth-order valence-electron chi connectivity index (χ4n) is 2.18. The third kappa shape index (κ3) is 2.80. The average Bonchev–Trinajstić information content (AvgIpc) is 3.02. The zero-order valence-electron chi connectivity index (χ0n) is 12.2. The summed E-state index contributed by atoms with van der Waals surface area (Å²) in [5, 5.41) is 12.2. The molecule has 2 heterocycles. The maximum atomic E-state index is 4.40. The maximum Gasteiger partial charge on any atom is 0.0759 e. The molecular formula is C14H23N5. The van der Waals surface area contributed by atoms with Crippen LogP contribution in [0.5, 0.6) is 0 Å². The molecule has 0 saturated carbocycles. The van der Waals surface area contributed by atoms with E-state index in [4.69, 9.17) is 0 Å². The highest BCUT2D eigenvalue weighted by Crippen LogP contribution is 2.17. The summed E-state index contributed by atoms with van der Waals surface area (Å²) in [6, 6.07) is 2.50. The maximum absolute atomic E-state index is 4.40. The average molecular weight is 261 g/mol. The van der Waals surface area contributed by atoms with Crippen LogP contribution in [-0.4, -0.2) is 19.6 Å². The van der Waals surface area contributed by atoms with Crippen LogP contribution in [0, 0.1) is 6.92 Å². The summed E-state index contributed by atoms with van der Waals surface area (Å²) in [5.41, 5.74) is 3.48. The smallest absolute Gasteiger partial charge is 0.0759 e. The molecule has 0 amide bonds. The molecule has 2 aromatic heterocycles. The lowest BCUT2D eigenvalue weighted by molar-refractivity contribution is 0.462. The molecule has 0 aromatic carbocycles. The molecule has 2 rings (SSSR count). The van der Waals surface area contributed by atoms with Gasteiger partial charge in [-0.25, -0.2) is 0 Å². The summed E-state index contributed by atoms with van der Waals surface area (Å²) in [4.78, 5) is 0. The quantitative estimate of drug-likeness (QED) is 0.869. The lowest BCUT2D eigenvalue weighted by Gasteiger charge is -2.14. The first-order chi connectivity index (χ1) is 9.17. The Morgan fingerprint density at radius 2 is 2.11 bits per heavy atom. The van der Waals surface area contributed by atoms with Gasteiger partial charge in [0.2, 0.25) is 0 Å². The van der Waals surface area contributed by atoms with Crippen molar-refractivity contribution < 1.29 is 0 Å². The number of rotatable bonds is 6. The van der Waals surface area contributed by atoms with E-state index in [1.165, 1.54) is 11.4 Å². The molecule has 1 N–H and O–H groups in total. The first kappa shape index (κ1) is 13.6. The number of aryl methyl sites for hydroxylation is 1. The van der Waals surface area contributed by atoms with Crippen LogP contribution in [0.15, 0.2) is 18.5 Å². The molecule has 5 nitrogen and oxygen atoms in total. The van der Waals surface area contributed by atoms with Crippen LogP contribution in [0.4, 0.5) is 5.69 Å². The van der Waals surface area contributed by atoms with Gasteiger partial charge in [-0.15, -0.1) is 0 Å². The molecule has 104 valence electrons. The van der Waals surface area contributed by atoms with Crippen molar-refractivity contribution in [3.63, 3.8) is 0 Å². The van der Waals surface area contributed by atoms with Crippen molar-refractivity contribution in [1.29, 1.82) is 0 Å². The Labute approximate surface area is 114 Å². The van der Waals surface area contributed by atoms with Crippen molar-refractivity contribution in [3.8, 4) is 0 Å². The highest BCUT2D eigenvalue weighted by atomic mass is 15.3. The predicted molar refractivity (Wildman–Crippen MR) is 77.2 cm³/mol. The standard InChI is InChI=1S/C14H23N5/c1-5-11(3)19-13(7-8-16-19)9-15-14-10-17-18(6-2)12(14)4/h7-8,10-11,15H,5-6,9H2,1-4H3/t11-/m1/s1. The minimum Gasteiger partial charge on any atom is -0.377 e. The van der Waals surface area contributed by atoms with E-state index in [0.29, 0.717) is 6.04 Å². The van der Waals surface area contributed by atoms with Crippen LogP contribution < -0.4 is 5.32 Å². The summed E-state index contributed by atoms with van der Waals surface area (Å²) in [5.74, 6) is 0. The second-order valence-corrected chi connectivity index (χ2v) is 4.84. The molecule has 19 heavy (non-hydrogen) atoms. The highest BCUT2D eigenvalue weighted by Gasteiger charge is 2.09. The van der Waals surface area contributed by atoms with E-state index in [0.717, 1.165) is 25.2 Å². The largest absolute Gasteiger partial charge is 0.377 e. The lowest BCUT2D eigenvalue weighted by Crippen LogP contribution is -2.12. The van der Waals surface area contributed by atoms with Crippen LogP contribution in [-0.2, 0) is 13.1 Å². The van der Waals surface area contributed by atoms with Gasteiger partial charge in [0, 0.05) is 18.8 Å². The Balaban J connectivity index is 2.06. The molecule has 2 aromatic rings. The molecule has 0 fully saturated rings. The van der Waals surface area contributed by atoms with Gasteiger partial charge in [-0.3, -0.25) is 9.36 Å². The lowest BCUT2D eigenvalue weighted by atomic mass is 10.2. The second kappa shape index (κ2) is 5.91. The summed E-state index contributed by atoms with van der Waals surface area (Å²) >= 11 is 0. The number of hydrogen-bond donors (Lipinski definition) is 1. The fourth-order valence-corrected chi connectivity index (χ4v) is 2.18. The van der Waals surface area contributed by atoms with Gasteiger partial charge < -0.3 is 5.32 Å². The molecule has 0 radical (unpaired) electrons. The van der Waals surface area contributed by atoms with Crippen molar-refractivity contribution in [1.82, 2.24) is 19.6 Å². The Morgan fingerprint density at radius 1 is 1.32 bits per heavy atom. The molecule has 0 unspecified atom stereocenters. The van der Waals surface area contributed by atoms with Crippen molar-refractivity contribution >= 4 is 5.69 Å². The molecule has 1 atom stereocenters. The molecule has 5 heteroatoms. The second-order valence-electron chi connectivity index (χ2n) is 4.84. The van der Waals surface area contributed by atoms with Gasteiger partial charge in [-0.2, -0.15) is 10.2 Å². The number of nitrogens with one attached hydrogen (secondary N) is 1. The van der Waals surface area contributed by atoms with Crippen LogP contribution in [0.3, 0.4) is 0 Å². The summed E-state index contributed by atoms with van der Waals surface area (Å²) in [6.45, 7) is 10.2. The molecule has 0 aliphatic rings. The third-order valence-electron chi connectivity index (χ3n) is 3.62. The Hall–Kier alpha value is -1.78. The number of nitrogens with zero attached hydrogens (tertiary/aromatic N) is 4. The third-order valence-corrected chi connectivity index (χ3v) is 3.62. The van der Waals surface area contributed by atoms with Gasteiger partial charge in [0.1, 0.15) is 0 Å². The Morgan fingerprint density at radius 3 is 2.74 bits per heavy atom. The summed E-state index contributed by atoms with van der Waals surface area (Å²) < 4.78 is 4.08. The highest BCUT2D eigenvalue weighted by molar-refractivity contribution is 5.45. The Bertz CT molecular complexity index is 526. The minimum atomic E-state index is 0.436. The van der Waals surface area contributed by atoms with Crippen LogP contribution in [0.2, 0.25) is 0 Å². The van der Waals surface area contributed by atoms with Crippen molar-refractivity contribution in [3.05, 3.63) is 29.8 Å². The van der Waals surface area contributed by atoms with E-state index < -0.39 is 0 Å². The van der Waals surface area contributed by atoms with Gasteiger partial charge in [0.25, 0.3) is 0 Å². The van der Waals surface area contributed by atoms with Crippen LogP contribution >= 0.6 is 0 Å². The topological polar surface area (TPSA) is 47.7 Å². The predicted octanol–water partition coefficient (Wildman–Crippen LogP) is 2.99. The van der Waals surface area contributed by atoms with Crippen molar-refractivity contribution in [2.24, 2.45) is 0 Å². The Kier molecular flexibility index (Phi) is 4.24. The van der Waals surface area contributed by atoms with E-state index in [9.17, 15) is 0 Å². The molecule has 0 spiro atoms. The van der Waals surface area contributed by atoms with Crippen LogP contribution in [0.1, 0.15) is 44.6 Å². The number of hydrogen-bond acceptors (Lipinski definition) is 3. The summed E-state index contributed by atoms with van der Waals surface area (Å²) in [7, 11) is 0. The normalized spacial score (nSPS) is 12.6.